The molecule has 0 saturated carbocycles. The second kappa shape index (κ2) is 17.0. The van der Waals surface area contributed by atoms with Gasteiger partial charge in [0.25, 0.3) is 0 Å². The molecule has 2 aromatic rings. The maximum Gasteiger partial charge on any atom is 0.319 e. The Balaban J connectivity index is 1.91. The quantitative estimate of drug-likeness (QED) is 0.0849. The summed E-state index contributed by atoms with van der Waals surface area (Å²) in [6.07, 6.45) is 2.20. The fourth-order valence-electron chi connectivity index (χ4n) is 3.94. The van der Waals surface area contributed by atoms with Crippen molar-refractivity contribution in [1.82, 2.24) is 0 Å². The van der Waals surface area contributed by atoms with Crippen LogP contribution in [0.5, 0.6) is 0 Å². The van der Waals surface area contributed by atoms with E-state index >= 15 is 0 Å². The standard InChI is InChI=1S/C32H42O8S3/c1-21-9-11-22(12-10-21)42-23-13-15-24(16-14-23)43-26(28(34)38-7)20-32(4,5)30(36)40-18-17-39-29(35)31(2,3)19-25(41-8)27(33)37-6/h9-16,25-26H,17-20H2,1-8H3. The molecule has 0 radical (unpaired) electrons. The van der Waals surface area contributed by atoms with Gasteiger partial charge < -0.3 is 18.9 Å². The van der Waals surface area contributed by atoms with E-state index in [1.54, 1.807) is 45.7 Å². The fourth-order valence-corrected chi connectivity index (χ4v) is 6.95. The second-order valence-electron chi connectivity index (χ2n) is 11.2. The Hall–Kier alpha value is -2.63. The number of hydrogen-bond acceptors (Lipinski definition) is 11. The highest BCUT2D eigenvalue weighted by Gasteiger charge is 2.37. The number of methoxy groups -OCH3 is 2. The number of ether oxygens (including phenoxy) is 4. The van der Waals surface area contributed by atoms with Gasteiger partial charge in [-0.1, -0.05) is 29.5 Å². The second-order valence-corrected chi connectivity index (χ2v) is 14.7. The van der Waals surface area contributed by atoms with Crippen LogP contribution in [0.25, 0.3) is 0 Å². The third-order valence-corrected chi connectivity index (χ3v) is 9.75. The molecule has 0 fully saturated rings. The van der Waals surface area contributed by atoms with Crippen LogP contribution in [-0.4, -0.2) is 68.1 Å². The maximum absolute atomic E-state index is 13.0. The lowest BCUT2D eigenvalue weighted by atomic mass is 9.87. The molecule has 236 valence electrons. The maximum atomic E-state index is 13.0. The first kappa shape index (κ1) is 36.6. The summed E-state index contributed by atoms with van der Waals surface area (Å²) >= 11 is 4.29. The van der Waals surface area contributed by atoms with E-state index in [9.17, 15) is 19.2 Å². The zero-order valence-electron chi connectivity index (χ0n) is 26.1. The number of carbonyl (C=O) groups excluding carboxylic acids is 4. The van der Waals surface area contributed by atoms with Gasteiger partial charge in [-0.25, -0.2) is 0 Å². The van der Waals surface area contributed by atoms with Crippen LogP contribution in [0.2, 0.25) is 0 Å². The van der Waals surface area contributed by atoms with E-state index in [2.05, 4.69) is 31.2 Å². The molecule has 43 heavy (non-hydrogen) atoms. The van der Waals surface area contributed by atoms with Crippen molar-refractivity contribution in [3.05, 3.63) is 54.1 Å². The van der Waals surface area contributed by atoms with Gasteiger partial charge in [-0.3, -0.25) is 19.2 Å². The van der Waals surface area contributed by atoms with Crippen molar-refractivity contribution in [1.29, 1.82) is 0 Å². The summed E-state index contributed by atoms with van der Waals surface area (Å²) in [5.41, 5.74) is -0.742. The number of rotatable bonds is 16. The number of carbonyl (C=O) groups is 4. The average Bonchev–Trinajstić information content (AvgIpc) is 2.98. The first-order valence-electron chi connectivity index (χ1n) is 13.8. The van der Waals surface area contributed by atoms with Crippen LogP contribution < -0.4 is 0 Å². The SMILES string of the molecule is COC(=O)C(CC(C)(C)C(=O)OCCOC(=O)C(C)(C)CC(Sc1ccc(Sc2ccc(C)cc2)cc1)C(=O)OC)SC. The van der Waals surface area contributed by atoms with E-state index < -0.39 is 45.2 Å². The van der Waals surface area contributed by atoms with Gasteiger partial charge in [-0.05, 0) is 90.1 Å². The first-order valence-corrected chi connectivity index (χ1v) is 16.7. The van der Waals surface area contributed by atoms with Crippen molar-refractivity contribution in [2.75, 3.05) is 33.7 Å². The summed E-state index contributed by atoms with van der Waals surface area (Å²) in [6, 6.07) is 16.2. The fraction of sp³-hybridized carbons (Fsp3) is 0.500. The van der Waals surface area contributed by atoms with Crippen LogP contribution in [0.15, 0.2) is 63.2 Å². The molecular formula is C32H42O8S3. The normalized spacial score (nSPS) is 13.0. The molecule has 0 spiro atoms. The van der Waals surface area contributed by atoms with Crippen molar-refractivity contribution < 1.29 is 38.1 Å². The lowest BCUT2D eigenvalue weighted by molar-refractivity contribution is -0.163. The van der Waals surface area contributed by atoms with E-state index in [1.165, 1.54) is 43.3 Å². The minimum Gasteiger partial charge on any atom is -0.468 e. The average molecular weight is 651 g/mol. The largest absolute Gasteiger partial charge is 0.468 e. The summed E-state index contributed by atoms with van der Waals surface area (Å²) in [4.78, 5) is 53.2. The predicted molar refractivity (Wildman–Crippen MR) is 171 cm³/mol. The number of esters is 4. The third kappa shape index (κ3) is 11.8. The van der Waals surface area contributed by atoms with Crippen molar-refractivity contribution in [2.24, 2.45) is 10.8 Å². The smallest absolute Gasteiger partial charge is 0.319 e. The molecule has 2 atom stereocenters. The molecule has 0 aromatic heterocycles. The summed E-state index contributed by atoms with van der Waals surface area (Å²) < 4.78 is 20.6. The van der Waals surface area contributed by atoms with Crippen molar-refractivity contribution >= 4 is 59.2 Å². The highest BCUT2D eigenvalue weighted by atomic mass is 32.2. The Morgan fingerprint density at radius 3 is 1.51 bits per heavy atom. The highest BCUT2D eigenvalue weighted by molar-refractivity contribution is 8.00. The van der Waals surface area contributed by atoms with Gasteiger partial charge in [0.05, 0.1) is 25.0 Å². The highest BCUT2D eigenvalue weighted by Crippen LogP contribution is 2.36. The van der Waals surface area contributed by atoms with E-state index in [1.807, 2.05) is 24.3 Å². The molecule has 2 aromatic carbocycles. The van der Waals surface area contributed by atoms with E-state index in [0.717, 1.165) is 14.7 Å². The predicted octanol–water partition coefficient (Wildman–Crippen LogP) is 6.60. The lowest BCUT2D eigenvalue weighted by Gasteiger charge is -2.27. The van der Waals surface area contributed by atoms with Gasteiger partial charge in [0, 0.05) is 14.7 Å². The van der Waals surface area contributed by atoms with Crippen molar-refractivity contribution in [3.63, 3.8) is 0 Å². The number of hydrogen-bond donors (Lipinski definition) is 0. The topological polar surface area (TPSA) is 105 Å². The van der Waals surface area contributed by atoms with Gasteiger partial charge in [-0.15, -0.1) is 11.8 Å². The van der Waals surface area contributed by atoms with Crippen molar-refractivity contribution in [2.45, 2.75) is 72.6 Å². The van der Waals surface area contributed by atoms with Crippen LogP contribution in [0.3, 0.4) is 0 Å². The minimum absolute atomic E-state index is 0.131. The first-order chi connectivity index (χ1) is 20.2. The summed E-state index contributed by atoms with van der Waals surface area (Å²) in [5.74, 6) is -1.86. The summed E-state index contributed by atoms with van der Waals surface area (Å²) in [5, 5.41) is -1.14. The Morgan fingerprint density at radius 1 is 0.674 bits per heavy atom. The molecule has 0 bridgehead atoms. The third-order valence-electron chi connectivity index (χ3n) is 6.62. The molecule has 11 heteroatoms. The van der Waals surface area contributed by atoms with Gasteiger partial charge in [0.1, 0.15) is 23.7 Å². The Labute approximate surface area is 267 Å². The van der Waals surface area contributed by atoms with Gasteiger partial charge in [0.2, 0.25) is 0 Å². The monoisotopic (exact) mass is 650 g/mol. The molecule has 0 N–H and O–H groups in total. The number of thioether (sulfide) groups is 2. The lowest BCUT2D eigenvalue weighted by Crippen LogP contribution is -2.35. The van der Waals surface area contributed by atoms with Crippen LogP contribution in [0.4, 0.5) is 0 Å². The van der Waals surface area contributed by atoms with E-state index in [4.69, 9.17) is 18.9 Å². The van der Waals surface area contributed by atoms with Gasteiger partial charge in [0.15, 0.2) is 0 Å². The van der Waals surface area contributed by atoms with Crippen LogP contribution in [0, 0.1) is 17.8 Å². The zero-order valence-corrected chi connectivity index (χ0v) is 28.5. The molecule has 0 amide bonds. The molecule has 0 aliphatic carbocycles. The molecule has 2 unspecified atom stereocenters. The molecule has 0 aliphatic heterocycles. The van der Waals surface area contributed by atoms with Crippen LogP contribution in [0.1, 0.15) is 46.1 Å². The number of benzene rings is 2. The molecular weight excluding hydrogens is 609 g/mol. The van der Waals surface area contributed by atoms with Gasteiger partial charge in [-0.2, -0.15) is 11.8 Å². The van der Waals surface area contributed by atoms with Crippen LogP contribution >= 0.6 is 35.3 Å². The zero-order chi connectivity index (χ0) is 32.2. The summed E-state index contributed by atoms with van der Waals surface area (Å²) in [6.45, 7) is 8.58. The number of aryl methyl sites for hydroxylation is 1. The van der Waals surface area contributed by atoms with Crippen LogP contribution in [-0.2, 0) is 38.1 Å². The van der Waals surface area contributed by atoms with E-state index in [0.29, 0.717) is 0 Å². The molecule has 0 aliphatic rings. The van der Waals surface area contributed by atoms with Crippen molar-refractivity contribution in [3.8, 4) is 0 Å². The molecule has 8 nitrogen and oxygen atoms in total. The Kier molecular flexibility index (Phi) is 14.5. The Morgan fingerprint density at radius 2 is 1.07 bits per heavy atom. The van der Waals surface area contributed by atoms with Gasteiger partial charge >= 0.3 is 23.9 Å². The summed E-state index contributed by atoms with van der Waals surface area (Å²) in [7, 11) is 2.63. The van der Waals surface area contributed by atoms with E-state index in [-0.39, 0.29) is 26.1 Å². The molecule has 2 rings (SSSR count). The molecule has 0 heterocycles. The molecule has 0 saturated heterocycles. The minimum atomic E-state index is -1.01. The Bertz CT molecular complexity index is 1230.